The molecule has 1 unspecified atom stereocenters. The highest BCUT2D eigenvalue weighted by Crippen LogP contribution is 2.21. The van der Waals surface area contributed by atoms with E-state index < -0.39 is 0 Å². The highest BCUT2D eigenvalue weighted by atomic mass is 14.9. The average Bonchev–Trinajstić information content (AvgIpc) is 2.20. The zero-order chi connectivity index (χ0) is 12.3. The molecule has 2 heteroatoms. The molecule has 0 bridgehead atoms. The maximum Gasteiger partial charge on any atom is 0.121 e. The van der Waals surface area contributed by atoms with Gasteiger partial charge in [-0.1, -0.05) is 12.1 Å². The Morgan fingerprint density at radius 1 is 1.06 bits per heavy atom. The summed E-state index contributed by atoms with van der Waals surface area (Å²) >= 11 is 0. The molecule has 0 aliphatic rings. The first-order valence-electron chi connectivity index (χ1n) is 5.69. The van der Waals surface area contributed by atoms with Gasteiger partial charge in [-0.2, -0.15) is 5.26 Å². The molecule has 0 spiro atoms. The molecule has 2 nitrogen and oxygen atoms in total. The number of rotatable bonds is 3. The second-order valence-corrected chi connectivity index (χ2v) is 4.68. The number of nitrogens with one attached hydrogen (secondary N) is 1. The fraction of sp³-hybridized carbons (Fsp3) is 0.500. The molecule has 86 valence electrons. The monoisotopic (exact) mass is 216 g/mol. The van der Waals surface area contributed by atoms with E-state index in [9.17, 15) is 5.26 Å². The highest BCUT2D eigenvalue weighted by Gasteiger charge is 2.14. The number of nitrogens with zero attached hydrogens (tertiary/aromatic N) is 1. The van der Waals surface area contributed by atoms with Crippen molar-refractivity contribution in [1.29, 1.82) is 5.26 Å². The van der Waals surface area contributed by atoms with Gasteiger partial charge in [0.05, 0.1) is 6.07 Å². The molecule has 1 rings (SSSR count). The van der Waals surface area contributed by atoms with Crippen LogP contribution in [-0.2, 0) is 0 Å². The molecule has 0 aromatic heterocycles. The Bertz CT molecular complexity index is 413. The number of hydrogen-bond acceptors (Lipinski definition) is 2. The summed E-state index contributed by atoms with van der Waals surface area (Å²) in [4.78, 5) is 0. The Labute approximate surface area is 98.3 Å². The van der Waals surface area contributed by atoms with E-state index in [1.54, 1.807) is 0 Å². The topological polar surface area (TPSA) is 35.8 Å². The van der Waals surface area contributed by atoms with Crippen molar-refractivity contribution < 1.29 is 0 Å². The van der Waals surface area contributed by atoms with Crippen LogP contribution in [0, 0.1) is 32.1 Å². The highest BCUT2D eigenvalue weighted by molar-refractivity contribution is 5.40. The summed E-state index contributed by atoms with van der Waals surface area (Å²) in [5.41, 5.74) is 4.80. The summed E-state index contributed by atoms with van der Waals surface area (Å²) in [6, 6.07) is 6.70. The van der Waals surface area contributed by atoms with Gasteiger partial charge in [0.1, 0.15) is 6.04 Å². The Morgan fingerprint density at radius 2 is 1.62 bits per heavy atom. The number of hydrogen-bond donors (Lipinski definition) is 1. The Kier molecular flexibility index (Phi) is 4.09. The molecule has 0 aliphatic carbocycles. The van der Waals surface area contributed by atoms with Gasteiger partial charge in [-0.3, -0.25) is 5.32 Å². The van der Waals surface area contributed by atoms with Gasteiger partial charge >= 0.3 is 0 Å². The molecule has 16 heavy (non-hydrogen) atoms. The summed E-state index contributed by atoms with van der Waals surface area (Å²) in [5.74, 6) is 0. The smallest absolute Gasteiger partial charge is 0.121 e. The predicted octanol–water partition coefficient (Wildman–Crippen LogP) is 3.17. The van der Waals surface area contributed by atoms with E-state index in [1.807, 2.05) is 0 Å². The Balaban J connectivity index is 3.11. The van der Waals surface area contributed by atoms with E-state index in [4.69, 9.17) is 0 Å². The van der Waals surface area contributed by atoms with E-state index in [0.717, 1.165) is 5.56 Å². The quantitative estimate of drug-likeness (QED) is 0.842. The minimum Gasteiger partial charge on any atom is -0.296 e. The van der Waals surface area contributed by atoms with Crippen molar-refractivity contribution in [3.05, 3.63) is 34.4 Å². The van der Waals surface area contributed by atoms with Crippen LogP contribution in [0.5, 0.6) is 0 Å². The van der Waals surface area contributed by atoms with Crippen molar-refractivity contribution in [1.82, 2.24) is 5.32 Å². The van der Waals surface area contributed by atoms with Gasteiger partial charge in [0.15, 0.2) is 0 Å². The van der Waals surface area contributed by atoms with Gasteiger partial charge in [0, 0.05) is 6.04 Å². The lowest BCUT2D eigenvalue weighted by molar-refractivity contribution is 0.544. The van der Waals surface area contributed by atoms with Crippen molar-refractivity contribution in [3.63, 3.8) is 0 Å². The third-order valence-electron chi connectivity index (χ3n) is 2.82. The number of aryl methyl sites for hydroxylation is 3. The molecule has 0 aliphatic heterocycles. The Morgan fingerprint density at radius 3 is 2.12 bits per heavy atom. The maximum atomic E-state index is 9.20. The van der Waals surface area contributed by atoms with E-state index in [1.165, 1.54) is 16.7 Å². The Hall–Kier alpha value is -1.33. The lowest BCUT2D eigenvalue weighted by Gasteiger charge is -2.18. The van der Waals surface area contributed by atoms with Crippen molar-refractivity contribution in [2.45, 2.75) is 46.7 Å². The van der Waals surface area contributed by atoms with Crippen LogP contribution in [0.1, 0.15) is 42.1 Å². The van der Waals surface area contributed by atoms with E-state index in [0.29, 0.717) is 6.04 Å². The second-order valence-electron chi connectivity index (χ2n) is 4.68. The summed E-state index contributed by atoms with van der Waals surface area (Å²) in [7, 11) is 0. The first kappa shape index (κ1) is 12.7. The van der Waals surface area contributed by atoms with Crippen molar-refractivity contribution in [2.24, 2.45) is 0 Å². The molecule has 1 N–H and O–H groups in total. The van der Waals surface area contributed by atoms with Crippen LogP contribution in [0.3, 0.4) is 0 Å². The minimum absolute atomic E-state index is 0.209. The molecule has 1 aromatic rings. The van der Waals surface area contributed by atoms with Crippen LogP contribution in [0.2, 0.25) is 0 Å². The van der Waals surface area contributed by atoms with Crippen LogP contribution in [0.25, 0.3) is 0 Å². The minimum atomic E-state index is -0.209. The first-order valence-corrected chi connectivity index (χ1v) is 5.69. The van der Waals surface area contributed by atoms with Crippen molar-refractivity contribution in [2.75, 3.05) is 0 Å². The van der Waals surface area contributed by atoms with Gasteiger partial charge in [0.2, 0.25) is 0 Å². The van der Waals surface area contributed by atoms with Gasteiger partial charge in [-0.05, 0) is 56.9 Å². The largest absolute Gasteiger partial charge is 0.296 e. The fourth-order valence-corrected chi connectivity index (χ4v) is 1.82. The van der Waals surface area contributed by atoms with Crippen LogP contribution in [0.15, 0.2) is 12.1 Å². The standard InChI is InChI=1S/C14H20N2/c1-9(2)16-14(8-15)13-7-11(4)10(3)6-12(13)5/h6-7,9,14,16H,1-5H3. The SMILES string of the molecule is Cc1cc(C)c(C(C#N)NC(C)C)cc1C. The van der Waals surface area contributed by atoms with E-state index in [-0.39, 0.29) is 6.04 Å². The van der Waals surface area contributed by atoms with E-state index in [2.05, 4.69) is 58.1 Å². The van der Waals surface area contributed by atoms with Crippen LogP contribution in [0.4, 0.5) is 0 Å². The third kappa shape index (κ3) is 2.84. The maximum absolute atomic E-state index is 9.20. The summed E-state index contributed by atoms with van der Waals surface area (Å²) in [6.07, 6.45) is 0. The second kappa shape index (κ2) is 5.14. The molecule has 0 amide bonds. The first-order chi connectivity index (χ1) is 7.45. The van der Waals surface area contributed by atoms with Gasteiger partial charge in [-0.25, -0.2) is 0 Å². The number of benzene rings is 1. The van der Waals surface area contributed by atoms with Crippen molar-refractivity contribution in [3.8, 4) is 6.07 Å². The normalized spacial score (nSPS) is 12.6. The van der Waals surface area contributed by atoms with Crippen molar-refractivity contribution >= 4 is 0 Å². The summed E-state index contributed by atoms with van der Waals surface area (Å²) in [6.45, 7) is 10.4. The molecular weight excluding hydrogens is 196 g/mol. The molecule has 0 fully saturated rings. The molecular formula is C14H20N2. The van der Waals surface area contributed by atoms with Crippen LogP contribution < -0.4 is 5.32 Å². The molecule has 1 aromatic carbocycles. The van der Waals surface area contributed by atoms with Gasteiger partial charge in [0.25, 0.3) is 0 Å². The third-order valence-corrected chi connectivity index (χ3v) is 2.82. The predicted molar refractivity (Wildman–Crippen MR) is 67.3 cm³/mol. The summed E-state index contributed by atoms with van der Waals surface area (Å²) < 4.78 is 0. The average molecular weight is 216 g/mol. The van der Waals surface area contributed by atoms with Crippen LogP contribution >= 0.6 is 0 Å². The molecule has 0 saturated heterocycles. The molecule has 0 heterocycles. The van der Waals surface area contributed by atoms with Crippen LogP contribution in [-0.4, -0.2) is 6.04 Å². The molecule has 0 saturated carbocycles. The zero-order valence-electron chi connectivity index (χ0n) is 10.8. The lowest BCUT2D eigenvalue weighted by atomic mass is 9.96. The lowest BCUT2D eigenvalue weighted by Crippen LogP contribution is -2.27. The van der Waals surface area contributed by atoms with E-state index >= 15 is 0 Å². The van der Waals surface area contributed by atoms with Gasteiger partial charge < -0.3 is 0 Å². The number of nitriles is 1. The molecule has 1 atom stereocenters. The molecule has 0 radical (unpaired) electrons. The van der Waals surface area contributed by atoms with Gasteiger partial charge in [-0.15, -0.1) is 0 Å². The fourth-order valence-electron chi connectivity index (χ4n) is 1.82. The summed E-state index contributed by atoms with van der Waals surface area (Å²) in [5, 5.41) is 12.5. The zero-order valence-corrected chi connectivity index (χ0v) is 10.8.